The zero-order valence-corrected chi connectivity index (χ0v) is 26.5. The first-order chi connectivity index (χ1) is 21.7. The fourth-order valence-corrected chi connectivity index (χ4v) is 6.72. The van der Waals surface area contributed by atoms with Crippen LogP contribution in [0.4, 0.5) is 22.7 Å². The van der Waals surface area contributed by atoms with Gasteiger partial charge < -0.3 is 19.8 Å². The van der Waals surface area contributed by atoms with Gasteiger partial charge in [0.2, 0.25) is 0 Å². The van der Waals surface area contributed by atoms with E-state index in [1.54, 1.807) is 39.0 Å². The third-order valence-corrected chi connectivity index (χ3v) is 9.23. The van der Waals surface area contributed by atoms with E-state index in [1.807, 2.05) is 18.2 Å². The number of amides is 1. The first kappa shape index (κ1) is 33.5. The van der Waals surface area contributed by atoms with Gasteiger partial charge in [-0.1, -0.05) is 40.9 Å². The van der Waals surface area contributed by atoms with Gasteiger partial charge in [-0.2, -0.15) is 13.2 Å². The van der Waals surface area contributed by atoms with Crippen molar-refractivity contribution in [2.75, 3.05) is 31.1 Å². The molecular weight excluding hydrogens is 697 g/mol. The number of nitrogens with one attached hydrogen (secondary N) is 2. The third kappa shape index (κ3) is 7.25. The van der Waals surface area contributed by atoms with Gasteiger partial charge in [-0.25, -0.2) is 9.37 Å². The number of thiazole rings is 1. The van der Waals surface area contributed by atoms with Crippen molar-refractivity contribution in [2.45, 2.75) is 19.0 Å². The Morgan fingerprint density at radius 2 is 1.76 bits per heavy atom. The molecule has 242 valence electrons. The molecule has 1 fully saturated rings. The van der Waals surface area contributed by atoms with Gasteiger partial charge in [-0.15, -0.1) is 0 Å². The molecule has 1 aliphatic rings. The highest BCUT2D eigenvalue weighted by Gasteiger charge is 2.29. The predicted octanol–water partition coefficient (Wildman–Crippen LogP) is 5.00. The molecule has 0 spiro atoms. The summed E-state index contributed by atoms with van der Waals surface area (Å²) in [5.74, 6) is -3.93. The zero-order valence-electron chi connectivity index (χ0n) is 23.4. The molecule has 0 aliphatic carbocycles. The molecule has 46 heavy (non-hydrogen) atoms. The number of carboxylic acids is 1. The van der Waals surface area contributed by atoms with Crippen LogP contribution in [0.2, 0.25) is 15.2 Å². The molecule has 0 atom stereocenters. The van der Waals surface area contributed by atoms with Crippen LogP contribution in [-0.2, 0) is 11.2 Å². The van der Waals surface area contributed by atoms with Crippen molar-refractivity contribution in [3.05, 3.63) is 96.9 Å². The van der Waals surface area contributed by atoms with Crippen molar-refractivity contribution in [2.24, 2.45) is 0 Å². The van der Waals surface area contributed by atoms with Crippen molar-refractivity contribution in [1.82, 2.24) is 14.3 Å². The maximum Gasteiger partial charge on any atom is 0.430 e. The number of carbonyl (C=O) groups excluding carboxylic acids is 2. The Bertz CT molecular complexity index is 2010. The van der Waals surface area contributed by atoms with Gasteiger partial charge in [-0.3, -0.25) is 18.9 Å². The first-order valence-corrected chi connectivity index (χ1v) is 15.5. The summed E-state index contributed by atoms with van der Waals surface area (Å²) >= 11 is 20.2. The summed E-state index contributed by atoms with van der Waals surface area (Å²) in [5, 5.41) is 11.0. The largest absolute Gasteiger partial charge is 0.542 e. The van der Waals surface area contributed by atoms with Crippen LogP contribution < -0.4 is 20.5 Å². The van der Waals surface area contributed by atoms with Gasteiger partial charge in [0.25, 0.3) is 11.5 Å². The molecule has 0 saturated carbocycles. The highest BCUT2D eigenvalue weighted by Crippen LogP contribution is 2.29. The summed E-state index contributed by atoms with van der Waals surface area (Å²) in [6.45, 7) is 2.37. The molecule has 9 nitrogen and oxygen atoms in total. The van der Waals surface area contributed by atoms with E-state index in [0.717, 1.165) is 28.3 Å². The van der Waals surface area contributed by atoms with Crippen LogP contribution in [-0.4, -0.2) is 58.5 Å². The molecule has 4 heterocycles. The lowest BCUT2D eigenvalue weighted by atomic mass is 10.0. The van der Waals surface area contributed by atoms with Crippen LogP contribution in [0.25, 0.3) is 15.7 Å². The number of halogens is 7. The number of alkyl halides is 3. The smallest absolute Gasteiger partial charge is 0.430 e. The number of anilines is 1. The molecule has 1 saturated heterocycles. The molecule has 5 aromatic rings. The number of carbonyl (C=O) groups is 2. The number of hydrogen-bond acceptors (Lipinski definition) is 6. The van der Waals surface area contributed by atoms with Crippen LogP contribution in [0.15, 0.2) is 53.5 Å². The second-order valence-corrected chi connectivity index (χ2v) is 12.4. The van der Waals surface area contributed by atoms with Gasteiger partial charge in [-0.05, 0) is 53.3 Å². The Labute approximate surface area is 276 Å². The molecule has 1 amide bonds. The molecule has 2 aromatic carbocycles. The fraction of sp³-hybridized carbons (Fsp3) is 0.241. The summed E-state index contributed by atoms with van der Waals surface area (Å²) in [6.07, 6.45) is -2.60. The fourth-order valence-electron chi connectivity index (χ4n) is 4.94. The Hall–Kier alpha value is -3.85. The molecule has 2 N–H and O–H groups in total. The first-order valence-electron chi connectivity index (χ1n) is 13.5. The highest BCUT2D eigenvalue weighted by atomic mass is 35.5. The molecule has 1 aliphatic heterocycles. The number of H-pyrrole nitrogens is 2. The third-order valence-electron chi connectivity index (χ3n) is 7.13. The average Bonchev–Trinajstić information content (AvgIpc) is 3.44. The molecule has 0 bridgehead atoms. The number of nitrogens with zero attached hydrogens (tertiary/aromatic N) is 3. The number of fused-ring (bicyclic) bond motifs is 2. The van der Waals surface area contributed by atoms with Crippen LogP contribution in [0, 0.1) is 5.82 Å². The van der Waals surface area contributed by atoms with Crippen molar-refractivity contribution in [3.63, 3.8) is 0 Å². The van der Waals surface area contributed by atoms with Crippen LogP contribution in [0.3, 0.4) is 0 Å². The standard InChI is InChI=1S/C27H21Cl3FN5O2S.C2HF3O2/c28-16-3-5-21-23(12-16)39-27(33-21)35-7-1-6-34(8-9-35)26(38)18-11-15(2-4-20(18)31)10-17-14-32-25(37)22-13-19(29)24(30)36(17)22;3-2(4,5)1(6)7/h2-5,11-14H,1,6-10H2,(H,32,37);(H,6,7). The van der Waals surface area contributed by atoms with Gasteiger partial charge >= 0.3 is 11.3 Å². The molecule has 3 aromatic heterocycles. The van der Waals surface area contributed by atoms with Crippen LogP contribution in [0.5, 0.6) is 0 Å². The maximum atomic E-state index is 14.9. The minimum atomic E-state index is -5.19. The number of aromatic amines is 2. The number of rotatable bonds is 4. The Kier molecular flexibility index (Phi) is 9.82. The topological polar surface area (TPSA) is 115 Å². The number of benzene rings is 2. The molecule has 17 heteroatoms. The Balaban J connectivity index is 0.000000537. The quantitative estimate of drug-likeness (QED) is 0.263. The van der Waals surface area contributed by atoms with E-state index in [9.17, 15) is 27.2 Å². The highest BCUT2D eigenvalue weighted by molar-refractivity contribution is 7.21. The molecular formula is C29H22Cl3F4N5O4S. The van der Waals surface area contributed by atoms with Gasteiger partial charge in [0.05, 0.1) is 28.4 Å². The summed E-state index contributed by atoms with van der Waals surface area (Å²) in [6, 6.07) is 11.7. The minimum Gasteiger partial charge on any atom is -0.542 e. The van der Waals surface area contributed by atoms with Crippen LogP contribution in [0.1, 0.15) is 28.0 Å². The lowest BCUT2D eigenvalue weighted by Gasteiger charge is -2.20. The lowest BCUT2D eigenvalue weighted by molar-refractivity contribution is -0.344. The molecule has 6 rings (SSSR count). The van der Waals surface area contributed by atoms with Crippen molar-refractivity contribution in [3.8, 4) is 0 Å². The average molecular weight is 719 g/mol. The van der Waals surface area contributed by atoms with Crippen LogP contribution >= 0.6 is 46.1 Å². The predicted molar refractivity (Wildman–Crippen MR) is 164 cm³/mol. The molecule has 0 radical (unpaired) electrons. The normalized spacial score (nSPS) is 13.9. The maximum absolute atomic E-state index is 14.9. The number of hydrogen-bond donors (Lipinski definition) is 1. The number of carboxylic acid groups (broad SMARTS) is 1. The number of aliphatic carboxylic acids is 1. The summed E-state index contributed by atoms with van der Waals surface area (Å²) < 4.78 is 49.1. The zero-order chi connectivity index (χ0) is 33.3. The van der Waals surface area contributed by atoms with Crippen molar-refractivity contribution in [1.29, 1.82) is 0 Å². The minimum absolute atomic E-state index is 0.0151. The Morgan fingerprint density at radius 3 is 2.48 bits per heavy atom. The second kappa shape index (κ2) is 13.5. The summed E-state index contributed by atoms with van der Waals surface area (Å²) in [4.78, 5) is 44.5. The van der Waals surface area contributed by atoms with E-state index in [2.05, 4.69) is 14.9 Å². The van der Waals surface area contributed by atoms with E-state index >= 15 is 0 Å². The SMILES string of the molecule is O=C([O-])C(F)(F)F.O=C(c1cc(Cc2c[nH]c(=O)c3cc(Cl)c(Cl)n23)ccc1F)N1CCCN(c2[nH+]c3ccc(Cl)cc3s2)CC1. The van der Waals surface area contributed by atoms with E-state index in [0.29, 0.717) is 47.9 Å². The number of aromatic nitrogens is 3. The van der Waals surface area contributed by atoms with Gasteiger partial charge in [0.1, 0.15) is 34.5 Å². The van der Waals surface area contributed by atoms with E-state index < -0.39 is 18.0 Å². The molecule has 0 unspecified atom stereocenters. The van der Waals surface area contributed by atoms with Crippen molar-refractivity contribution < 1.29 is 37.2 Å². The lowest BCUT2D eigenvalue weighted by Crippen LogP contribution is -2.37. The van der Waals surface area contributed by atoms with Crippen molar-refractivity contribution >= 4 is 78.9 Å². The monoisotopic (exact) mass is 717 g/mol. The van der Waals surface area contributed by atoms with E-state index in [4.69, 9.17) is 44.7 Å². The Morgan fingerprint density at radius 1 is 1.02 bits per heavy atom. The van der Waals surface area contributed by atoms with E-state index in [1.165, 1.54) is 12.1 Å². The summed E-state index contributed by atoms with van der Waals surface area (Å²) in [5.41, 5.74) is 2.37. The van der Waals surface area contributed by atoms with E-state index in [-0.39, 0.29) is 27.2 Å². The van der Waals surface area contributed by atoms with Gasteiger partial charge in [0, 0.05) is 36.3 Å². The summed E-state index contributed by atoms with van der Waals surface area (Å²) in [7, 11) is 0. The second-order valence-electron chi connectivity index (χ2n) is 10.2. The van der Waals surface area contributed by atoms with Gasteiger partial charge in [0.15, 0.2) is 0 Å².